The molecule has 0 unspecified atom stereocenters. The van der Waals surface area contributed by atoms with E-state index in [0.29, 0.717) is 6.42 Å². The summed E-state index contributed by atoms with van der Waals surface area (Å²) in [6.45, 7) is 18.1. The van der Waals surface area contributed by atoms with Crippen LogP contribution in [0.15, 0.2) is 16.6 Å². The molecule has 0 atom stereocenters. The van der Waals surface area contributed by atoms with Crippen LogP contribution >= 0.6 is 0 Å². The van der Waals surface area contributed by atoms with E-state index >= 15 is 0 Å². The van der Waals surface area contributed by atoms with Crippen LogP contribution < -0.4 is 0 Å². The summed E-state index contributed by atoms with van der Waals surface area (Å²) in [7, 11) is 0. The zero-order valence-electron chi connectivity index (χ0n) is 16.3. The number of nitrogens with zero attached hydrogens (tertiary/aromatic N) is 3. The van der Waals surface area contributed by atoms with Crippen LogP contribution in [0, 0.1) is 6.08 Å². The quantitative estimate of drug-likeness (QED) is 0.336. The molecule has 0 saturated carbocycles. The van der Waals surface area contributed by atoms with Gasteiger partial charge in [0.05, 0.1) is 0 Å². The molecule has 0 aromatic carbocycles. The number of rotatable bonds is 7. The van der Waals surface area contributed by atoms with Crippen molar-refractivity contribution in [3.63, 3.8) is 0 Å². The van der Waals surface area contributed by atoms with Crippen molar-refractivity contribution in [1.82, 2.24) is 0 Å². The maximum Gasteiger partial charge on any atom is 4.00 e. The van der Waals surface area contributed by atoms with E-state index in [-0.39, 0.29) is 30.6 Å². The minimum Gasteiger partial charge on any atom is 4.00 e. The number of halogens is 2. The Hall–Kier alpha value is 0.646. The molecule has 0 radical (unpaired) electrons. The summed E-state index contributed by atoms with van der Waals surface area (Å²) in [5.74, 6) is 0. The van der Waals surface area contributed by atoms with Gasteiger partial charge in [-0.05, 0) is 0 Å². The van der Waals surface area contributed by atoms with E-state index < -0.39 is 15.3 Å². The van der Waals surface area contributed by atoms with Gasteiger partial charge in [0.1, 0.15) is 0 Å². The summed E-state index contributed by atoms with van der Waals surface area (Å²) in [5, 5.41) is 11.9. The molecule has 1 aliphatic rings. The fourth-order valence-electron chi connectivity index (χ4n) is 1.24. The molecule has 0 heterocycles. The molecule has 3 nitrogen and oxygen atoms in total. The topological polar surface area (TPSA) is 42.3 Å². The first kappa shape index (κ1) is 32.3. The van der Waals surface area contributed by atoms with Crippen molar-refractivity contribution in [3.05, 3.63) is 38.6 Å². The molecule has 0 aromatic heterocycles. The van der Waals surface area contributed by atoms with Crippen molar-refractivity contribution in [2.75, 3.05) is 39.3 Å². The van der Waals surface area contributed by atoms with Gasteiger partial charge >= 0.3 is 77.5 Å². The standard InChI is InChI=1S/C5H5F2Ge.3C4H10N.Zr/c6-8(7)5-3-1-2-4-5;3*1-3-5-4-2;/h1,3,8H,2H2;3*3-4H2,1-2H3;/q4*-1;+4. The fraction of sp³-hybridized carbons (Fsp3) is 0.765. The zero-order chi connectivity index (χ0) is 18.3. The Balaban J connectivity index is -0.000000113. The van der Waals surface area contributed by atoms with Gasteiger partial charge in [0.25, 0.3) is 0 Å². The summed E-state index contributed by atoms with van der Waals surface area (Å²) in [6.07, 6.45) is 6.39. The zero-order valence-corrected chi connectivity index (χ0v) is 21.2. The van der Waals surface area contributed by atoms with Gasteiger partial charge in [-0.15, -0.1) is 0 Å². The van der Waals surface area contributed by atoms with Gasteiger partial charge in [-0.1, -0.05) is 41.5 Å². The molecular formula is C17H35F2GeN3Zr. The minimum absolute atomic E-state index is 0. The third kappa shape index (κ3) is 34.1. The molecule has 0 amide bonds. The van der Waals surface area contributed by atoms with E-state index in [4.69, 9.17) is 0 Å². The molecule has 1 aliphatic carbocycles. The Kier molecular flexibility index (Phi) is 42.3. The molecule has 0 aliphatic heterocycles. The van der Waals surface area contributed by atoms with Gasteiger partial charge in [-0.3, -0.25) is 0 Å². The largest absolute Gasteiger partial charge is 4.00 e. The van der Waals surface area contributed by atoms with Crippen molar-refractivity contribution < 1.29 is 33.2 Å². The monoisotopic (exact) mass is 483 g/mol. The molecule has 140 valence electrons. The van der Waals surface area contributed by atoms with E-state index in [1.165, 1.54) is 6.08 Å². The van der Waals surface area contributed by atoms with Gasteiger partial charge in [0, 0.05) is 0 Å². The van der Waals surface area contributed by atoms with Crippen molar-refractivity contribution in [3.8, 4) is 0 Å². The first-order valence-electron chi connectivity index (χ1n) is 8.50. The van der Waals surface area contributed by atoms with Crippen LogP contribution in [0.2, 0.25) is 0 Å². The second-order valence-electron chi connectivity index (χ2n) is 4.11. The normalized spacial score (nSPS) is 11.1. The summed E-state index contributed by atoms with van der Waals surface area (Å²) >= 11 is -3.91. The van der Waals surface area contributed by atoms with Gasteiger partial charge in [-0.25, -0.2) is 0 Å². The van der Waals surface area contributed by atoms with Gasteiger partial charge in [0.2, 0.25) is 0 Å². The average molecular weight is 483 g/mol. The smallest absolute Gasteiger partial charge is 4.00 e. The van der Waals surface area contributed by atoms with Crippen LogP contribution in [0.1, 0.15) is 48.0 Å². The van der Waals surface area contributed by atoms with Crippen LogP contribution in [-0.4, -0.2) is 54.5 Å². The Morgan fingerprint density at radius 1 is 0.833 bits per heavy atom. The molecule has 1 rings (SSSR count). The Morgan fingerprint density at radius 2 is 1.17 bits per heavy atom. The fourth-order valence-corrected chi connectivity index (χ4v) is 2.40. The molecule has 0 bridgehead atoms. The molecule has 0 fully saturated rings. The van der Waals surface area contributed by atoms with Crippen LogP contribution in [-0.2, 0) is 26.2 Å². The maximum atomic E-state index is 11.8. The van der Waals surface area contributed by atoms with Gasteiger partial charge in [-0.2, -0.15) is 39.3 Å². The van der Waals surface area contributed by atoms with E-state index in [1.54, 1.807) is 6.08 Å². The SMILES string of the molecule is CC[N-]CC.CC[N-]CC.CC[N-]CC.[F][GeH]([F])[C]1=[C-]CC=C1.[Zr+4]. The minimum atomic E-state index is -3.91. The predicted octanol–water partition coefficient (Wildman–Crippen LogP) is 5.57. The number of hydrogen-bond donors (Lipinski definition) is 0. The van der Waals surface area contributed by atoms with Crippen LogP contribution in [0.5, 0.6) is 0 Å². The first-order chi connectivity index (χ1) is 11.0. The average Bonchev–Trinajstić information content (AvgIpc) is 3.06. The molecule has 0 aromatic rings. The Bertz CT molecular complexity index is 246. The van der Waals surface area contributed by atoms with Gasteiger partial charge in [0.15, 0.2) is 0 Å². The first-order valence-corrected chi connectivity index (χ1v) is 11.5. The molecule has 0 spiro atoms. The van der Waals surface area contributed by atoms with Gasteiger partial charge < -0.3 is 16.0 Å². The summed E-state index contributed by atoms with van der Waals surface area (Å²) in [4.78, 5) is 0. The van der Waals surface area contributed by atoms with E-state index in [2.05, 4.69) is 22.0 Å². The molecule has 0 saturated heterocycles. The Morgan fingerprint density at radius 3 is 1.25 bits per heavy atom. The second-order valence-corrected chi connectivity index (χ2v) is 6.67. The predicted molar refractivity (Wildman–Crippen MR) is 103 cm³/mol. The summed E-state index contributed by atoms with van der Waals surface area (Å²) in [6, 6.07) is 0. The third-order valence-corrected chi connectivity index (χ3v) is 4.12. The molecule has 24 heavy (non-hydrogen) atoms. The third-order valence-electron chi connectivity index (χ3n) is 2.30. The van der Waals surface area contributed by atoms with Crippen molar-refractivity contribution in [2.45, 2.75) is 48.0 Å². The summed E-state index contributed by atoms with van der Waals surface area (Å²) < 4.78 is 23.8. The number of hydrogen-bond acceptors (Lipinski definition) is 0. The van der Waals surface area contributed by atoms with Crippen LogP contribution in [0.4, 0.5) is 7.00 Å². The van der Waals surface area contributed by atoms with E-state index in [9.17, 15) is 7.00 Å². The molecule has 7 heteroatoms. The summed E-state index contributed by atoms with van der Waals surface area (Å²) in [5.41, 5.74) is 0. The van der Waals surface area contributed by atoms with Crippen molar-refractivity contribution >= 4 is 15.3 Å². The van der Waals surface area contributed by atoms with Crippen molar-refractivity contribution in [1.29, 1.82) is 0 Å². The van der Waals surface area contributed by atoms with Crippen molar-refractivity contribution in [2.24, 2.45) is 0 Å². The van der Waals surface area contributed by atoms with E-state index in [1.807, 2.05) is 41.5 Å². The molecular weight excluding hydrogens is 448 g/mol. The van der Waals surface area contributed by atoms with E-state index in [0.717, 1.165) is 39.3 Å². The number of allylic oxidation sites excluding steroid dienone is 4. The van der Waals surface area contributed by atoms with Crippen LogP contribution in [0.3, 0.4) is 0 Å². The maximum absolute atomic E-state index is 11.8. The van der Waals surface area contributed by atoms with Crippen LogP contribution in [0.25, 0.3) is 16.0 Å². The second kappa shape index (κ2) is 31.4. The molecule has 0 N–H and O–H groups in total. The Labute approximate surface area is 173 Å².